The highest BCUT2D eigenvalue weighted by molar-refractivity contribution is 5.86. The van der Waals surface area contributed by atoms with E-state index in [1.54, 1.807) is 6.20 Å². The molecule has 25 heavy (non-hydrogen) atoms. The summed E-state index contributed by atoms with van der Waals surface area (Å²) in [6.07, 6.45) is 1.31. The van der Waals surface area contributed by atoms with Gasteiger partial charge in [0.25, 0.3) is 0 Å². The van der Waals surface area contributed by atoms with Gasteiger partial charge in [-0.2, -0.15) is 0 Å². The first kappa shape index (κ1) is 27.0. The van der Waals surface area contributed by atoms with Crippen LogP contribution < -0.4 is 0 Å². The average molecular weight is 419 g/mol. The van der Waals surface area contributed by atoms with Crippen LogP contribution in [0.3, 0.4) is 0 Å². The number of nitrogens with zero attached hydrogens (tertiary/aromatic N) is 3. The summed E-state index contributed by atoms with van der Waals surface area (Å²) in [5, 5.41) is 19.8. The van der Waals surface area contributed by atoms with Gasteiger partial charge in [0.2, 0.25) is 0 Å². The second-order valence-electron chi connectivity index (χ2n) is 6.19. The molecule has 0 spiro atoms. The minimum atomic E-state index is -0.677. The molecule has 148 valence electrons. The number of hydrogen-bond acceptors (Lipinski definition) is 6. The van der Waals surface area contributed by atoms with Crippen LogP contribution in [-0.4, -0.2) is 90.2 Å². The van der Waals surface area contributed by atoms with Crippen molar-refractivity contribution in [3.63, 3.8) is 0 Å². The normalized spacial score (nSPS) is 25.2. The summed E-state index contributed by atoms with van der Waals surface area (Å²) >= 11 is 0. The summed E-state index contributed by atoms with van der Waals surface area (Å²) in [6, 6.07) is 5.76. The SMILES string of the molecule is CN(C)C[C@H]1O[C@@H](CO)[C@@H](O)[C@H]1N(C)CCc1ccccn1.Cl.Cl.Cl. The van der Waals surface area contributed by atoms with E-state index in [0.29, 0.717) is 6.54 Å². The van der Waals surface area contributed by atoms with Crippen molar-refractivity contribution in [2.75, 3.05) is 40.8 Å². The first-order chi connectivity index (χ1) is 10.5. The molecule has 1 aliphatic heterocycles. The predicted molar refractivity (Wildman–Crippen MR) is 106 cm³/mol. The van der Waals surface area contributed by atoms with Crippen molar-refractivity contribution in [3.8, 4) is 0 Å². The molecular weight excluding hydrogens is 389 g/mol. The summed E-state index contributed by atoms with van der Waals surface area (Å²) < 4.78 is 5.82. The second kappa shape index (κ2) is 13.1. The minimum absolute atomic E-state index is 0. The molecule has 9 heteroatoms. The third-order valence-corrected chi connectivity index (χ3v) is 4.14. The fraction of sp³-hybridized carbons (Fsp3) is 0.688. The van der Waals surface area contributed by atoms with Gasteiger partial charge < -0.3 is 19.8 Å². The van der Waals surface area contributed by atoms with E-state index in [-0.39, 0.29) is 56.0 Å². The standard InChI is InChI=1S/C16H27N3O3.3ClH/c1-18(2)10-13-15(16(21)14(11-20)22-13)19(3)9-7-12-6-4-5-8-17-12;;;/h4-6,8,13-16,20-21H,7,9-11H2,1-3H3;3*1H/t13-,14+,15+,16-;;;/m1.../s1. The summed E-state index contributed by atoms with van der Waals surface area (Å²) in [6.45, 7) is 1.34. The van der Waals surface area contributed by atoms with Gasteiger partial charge in [0.05, 0.1) is 18.8 Å². The van der Waals surface area contributed by atoms with Crippen molar-refractivity contribution >= 4 is 37.2 Å². The number of ether oxygens (including phenoxy) is 1. The number of aliphatic hydroxyl groups excluding tert-OH is 2. The molecular formula is C16H30Cl3N3O3. The third-order valence-electron chi connectivity index (χ3n) is 4.14. The summed E-state index contributed by atoms with van der Waals surface area (Å²) in [5.41, 5.74) is 1.03. The Morgan fingerprint density at radius 1 is 1.12 bits per heavy atom. The Bertz CT molecular complexity index is 457. The Morgan fingerprint density at radius 2 is 1.80 bits per heavy atom. The Labute approximate surface area is 168 Å². The molecule has 4 atom stereocenters. The van der Waals surface area contributed by atoms with E-state index >= 15 is 0 Å². The van der Waals surface area contributed by atoms with Crippen LogP contribution in [0.15, 0.2) is 24.4 Å². The molecule has 0 aromatic carbocycles. The molecule has 0 amide bonds. The number of aliphatic hydroxyl groups is 2. The van der Waals surface area contributed by atoms with Crippen LogP contribution in [0.1, 0.15) is 5.69 Å². The molecule has 1 aliphatic rings. The maximum Gasteiger partial charge on any atom is 0.109 e. The van der Waals surface area contributed by atoms with Gasteiger partial charge >= 0.3 is 0 Å². The van der Waals surface area contributed by atoms with E-state index < -0.39 is 12.2 Å². The highest BCUT2D eigenvalue weighted by Gasteiger charge is 2.45. The summed E-state index contributed by atoms with van der Waals surface area (Å²) in [7, 11) is 5.95. The van der Waals surface area contributed by atoms with E-state index in [9.17, 15) is 10.2 Å². The molecule has 2 heterocycles. The van der Waals surface area contributed by atoms with Crippen molar-refractivity contribution in [2.24, 2.45) is 0 Å². The Hall–Kier alpha value is -0.180. The quantitative estimate of drug-likeness (QED) is 0.685. The zero-order valence-corrected chi connectivity index (χ0v) is 17.3. The fourth-order valence-corrected chi connectivity index (χ4v) is 3.02. The zero-order valence-electron chi connectivity index (χ0n) is 14.8. The van der Waals surface area contributed by atoms with Crippen molar-refractivity contribution in [1.29, 1.82) is 0 Å². The molecule has 2 rings (SSSR count). The highest BCUT2D eigenvalue weighted by Crippen LogP contribution is 2.25. The lowest BCUT2D eigenvalue weighted by molar-refractivity contribution is -0.0273. The van der Waals surface area contributed by atoms with Crippen molar-refractivity contribution in [3.05, 3.63) is 30.1 Å². The van der Waals surface area contributed by atoms with Gasteiger partial charge in [-0.05, 0) is 33.3 Å². The largest absolute Gasteiger partial charge is 0.394 e. The molecule has 1 saturated heterocycles. The fourth-order valence-electron chi connectivity index (χ4n) is 3.02. The first-order valence-corrected chi connectivity index (χ1v) is 7.72. The Balaban J connectivity index is 0. The Morgan fingerprint density at radius 3 is 2.32 bits per heavy atom. The molecule has 0 bridgehead atoms. The smallest absolute Gasteiger partial charge is 0.109 e. The molecule has 0 radical (unpaired) electrons. The highest BCUT2D eigenvalue weighted by atomic mass is 35.5. The first-order valence-electron chi connectivity index (χ1n) is 7.72. The Kier molecular flexibility index (Phi) is 14.1. The molecule has 0 saturated carbocycles. The monoisotopic (exact) mass is 417 g/mol. The van der Waals surface area contributed by atoms with Crippen LogP contribution in [-0.2, 0) is 11.2 Å². The van der Waals surface area contributed by atoms with Crippen molar-refractivity contribution < 1.29 is 14.9 Å². The van der Waals surface area contributed by atoms with Gasteiger partial charge in [-0.1, -0.05) is 6.07 Å². The number of hydrogen-bond donors (Lipinski definition) is 2. The molecule has 0 unspecified atom stereocenters. The topological polar surface area (TPSA) is 69.1 Å². The lowest BCUT2D eigenvalue weighted by atomic mass is 10.0. The van der Waals surface area contributed by atoms with Crippen LogP contribution in [0.25, 0.3) is 0 Å². The lowest BCUT2D eigenvalue weighted by Crippen LogP contribution is -2.49. The number of rotatable bonds is 7. The molecule has 6 nitrogen and oxygen atoms in total. The van der Waals surface area contributed by atoms with Crippen molar-refractivity contribution in [2.45, 2.75) is 30.8 Å². The molecule has 1 aromatic rings. The second-order valence-corrected chi connectivity index (χ2v) is 6.19. The van der Waals surface area contributed by atoms with Crippen LogP contribution >= 0.6 is 37.2 Å². The van der Waals surface area contributed by atoms with Gasteiger partial charge in [0.1, 0.15) is 12.2 Å². The van der Waals surface area contributed by atoms with E-state index in [2.05, 4.69) is 9.88 Å². The average Bonchev–Trinajstić information content (AvgIpc) is 2.81. The number of aromatic nitrogens is 1. The predicted octanol–water partition coefficient (Wildman–Crippen LogP) is 0.872. The van der Waals surface area contributed by atoms with Gasteiger partial charge in [0, 0.05) is 31.4 Å². The van der Waals surface area contributed by atoms with Crippen LogP contribution in [0, 0.1) is 0 Å². The van der Waals surface area contributed by atoms with Gasteiger partial charge in [-0.15, -0.1) is 37.2 Å². The van der Waals surface area contributed by atoms with Gasteiger partial charge in [0.15, 0.2) is 0 Å². The van der Waals surface area contributed by atoms with Crippen LogP contribution in [0.5, 0.6) is 0 Å². The van der Waals surface area contributed by atoms with E-state index in [0.717, 1.165) is 18.7 Å². The zero-order chi connectivity index (χ0) is 16.1. The molecule has 0 aliphatic carbocycles. The lowest BCUT2D eigenvalue weighted by Gasteiger charge is -2.31. The maximum absolute atomic E-state index is 10.4. The molecule has 2 N–H and O–H groups in total. The van der Waals surface area contributed by atoms with Crippen LogP contribution in [0.2, 0.25) is 0 Å². The van der Waals surface area contributed by atoms with Crippen molar-refractivity contribution in [1.82, 2.24) is 14.8 Å². The van der Waals surface area contributed by atoms with Crippen LogP contribution in [0.4, 0.5) is 0 Å². The molecule has 1 aromatic heterocycles. The number of pyridine rings is 1. The summed E-state index contributed by atoms with van der Waals surface area (Å²) in [4.78, 5) is 8.48. The van der Waals surface area contributed by atoms with E-state index in [4.69, 9.17) is 4.74 Å². The molecule has 1 fully saturated rings. The van der Waals surface area contributed by atoms with Gasteiger partial charge in [-0.3, -0.25) is 9.88 Å². The maximum atomic E-state index is 10.4. The third kappa shape index (κ3) is 7.53. The minimum Gasteiger partial charge on any atom is -0.394 e. The van der Waals surface area contributed by atoms with Gasteiger partial charge in [-0.25, -0.2) is 0 Å². The van der Waals surface area contributed by atoms with E-state index in [1.807, 2.05) is 44.2 Å². The van der Waals surface area contributed by atoms with E-state index in [1.165, 1.54) is 0 Å². The summed E-state index contributed by atoms with van der Waals surface area (Å²) in [5.74, 6) is 0. The number of likely N-dealkylation sites (N-methyl/N-ethyl adjacent to an activating group) is 2. The number of halogens is 3.